The molecule has 1 amide bonds. The SMILES string of the molecule is C=CCO[C@@H]1CCN(C(=O)Cc2ccc(F)cn2)[C@H]1Cc1ccccc1. The highest BCUT2D eigenvalue weighted by molar-refractivity contribution is 5.79. The molecule has 26 heavy (non-hydrogen) atoms. The Balaban J connectivity index is 1.73. The number of halogens is 1. The highest BCUT2D eigenvalue weighted by Gasteiger charge is 2.37. The predicted octanol–water partition coefficient (Wildman–Crippen LogP) is 3.18. The minimum absolute atomic E-state index is 0.00487. The molecule has 1 fully saturated rings. The van der Waals surface area contributed by atoms with Crippen LogP contribution in [0.15, 0.2) is 61.3 Å². The molecule has 0 bridgehead atoms. The second-order valence-corrected chi connectivity index (χ2v) is 6.44. The molecule has 0 radical (unpaired) electrons. The first-order chi connectivity index (χ1) is 12.7. The number of pyridine rings is 1. The maximum absolute atomic E-state index is 13.0. The molecule has 2 aromatic rings. The summed E-state index contributed by atoms with van der Waals surface area (Å²) in [7, 11) is 0. The zero-order chi connectivity index (χ0) is 18.4. The van der Waals surface area contributed by atoms with Crippen LogP contribution in [0.2, 0.25) is 0 Å². The quantitative estimate of drug-likeness (QED) is 0.717. The first kappa shape index (κ1) is 18.3. The molecule has 2 atom stereocenters. The van der Waals surface area contributed by atoms with Crippen LogP contribution < -0.4 is 0 Å². The second kappa shape index (κ2) is 8.72. The fraction of sp³-hybridized carbons (Fsp3) is 0.333. The number of carbonyl (C=O) groups excluding carboxylic acids is 1. The average molecular weight is 354 g/mol. The average Bonchev–Trinajstić information content (AvgIpc) is 3.05. The number of nitrogens with zero attached hydrogens (tertiary/aromatic N) is 2. The van der Waals surface area contributed by atoms with Crippen LogP contribution in [0.4, 0.5) is 4.39 Å². The van der Waals surface area contributed by atoms with Crippen LogP contribution >= 0.6 is 0 Å². The van der Waals surface area contributed by atoms with Crippen LogP contribution in [0.3, 0.4) is 0 Å². The molecule has 136 valence electrons. The normalized spacial score (nSPS) is 19.5. The molecular weight excluding hydrogens is 331 g/mol. The van der Waals surface area contributed by atoms with Crippen LogP contribution in [0.25, 0.3) is 0 Å². The summed E-state index contributed by atoms with van der Waals surface area (Å²) in [5, 5.41) is 0. The largest absolute Gasteiger partial charge is 0.372 e. The van der Waals surface area contributed by atoms with Gasteiger partial charge in [-0.15, -0.1) is 6.58 Å². The Kier molecular flexibility index (Phi) is 6.12. The Morgan fingerprint density at radius 1 is 1.31 bits per heavy atom. The summed E-state index contributed by atoms with van der Waals surface area (Å²) in [6.07, 6.45) is 4.56. The van der Waals surface area contributed by atoms with Crippen molar-refractivity contribution in [1.29, 1.82) is 0 Å². The summed E-state index contributed by atoms with van der Waals surface area (Å²) in [6, 6.07) is 13.0. The van der Waals surface area contributed by atoms with Crippen molar-refractivity contribution in [3.8, 4) is 0 Å². The van der Waals surface area contributed by atoms with E-state index in [2.05, 4.69) is 23.7 Å². The first-order valence-corrected chi connectivity index (χ1v) is 8.83. The fourth-order valence-electron chi connectivity index (χ4n) is 3.39. The van der Waals surface area contributed by atoms with Gasteiger partial charge in [-0.2, -0.15) is 0 Å². The van der Waals surface area contributed by atoms with Gasteiger partial charge in [-0.25, -0.2) is 4.39 Å². The van der Waals surface area contributed by atoms with Crippen molar-refractivity contribution in [3.05, 3.63) is 78.4 Å². The van der Waals surface area contributed by atoms with E-state index in [1.165, 1.54) is 11.6 Å². The highest BCUT2D eigenvalue weighted by Crippen LogP contribution is 2.25. The lowest BCUT2D eigenvalue weighted by molar-refractivity contribution is -0.132. The van der Waals surface area contributed by atoms with Crippen LogP contribution in [0.5, 0.6) is 0 Å². The minimum Gasteiger partial charge on any atom is -0.372 e. The molecule has 0 spiro atoms. The number of ether oxygens (including phenoxy) is 1. The van der Waals surface area contributed by atoms with Gasteiger partial charge in [-0.05, 0) is 30.5 Å². The predicted molar refractivity (Wildman–Crippen MR) is 98.1 cm³/mol. The first-order valence-electron chi connectivity index (χ1n) is 8.83. The zero-order valence-corrected chi connectivity index (χ0v) is 14.7. The van der Waals surface area contributed by atoms with Crippen molar-refractivity contribution in [2.45, 2.75) is 31.4 Å². The topological polar surface area (TPSA) is 42.4 Å². The van der Waals surface area contributed by atoms with Gasteiger partial charge in [-0.3, -0.25) is 9.78 Å². The summed E-state index contributed by atoms with van der Waals surface area (Å²) in [4.78, 5) is 18.7. The van der Waals surface area contributed by atoms with E-state index < -0.39 is 5.82 Å². The third-order valence-corrected chi connectivity index (χ3v) is 4.64. The van der Waals surface area contributed by atoms with Crippen LogP contribution in [0, 0.1) is 5.82 Å². The summed E-state index contributed by atoms with van der Waals surface area (Å²) in [5.41, 5.74) is 1.75. The number of amides is 1. The van der Waals surface area contributed by atoms with E-state index in [0.29, 0.717) is 18.8 Å². The molecule has 0 unspecified atom stereocenters. The molecule has 0 saturated carbocycles. The number of likely N-dealkylation sites (tertiary alicyclic amines) is 1. The van der Waals surface area contributed by atoms with Crippen LogP contribution in [0.1, 0.15) is 17.7 Å². The van der Waals surface area contributed by atoms with Crippen molar-refractivity contribution >= 4 is 5.91 Å². The van der Waals surface area contributed by atoms with E-state index in [1.54, 1.807) is 12.1 Å². The minimum atomic E-state index is -0.401. The molecular formula is C21H23FN2O2. The van der Waals surface area contributed by atoms with Crippen molar-refractivity contribution in [2.75, 3.05) is 13.2 Å². The number of carbonyl (C=O) groups is 1. The lowest BCUT2D eigenvalue weighted by Crippen LogP contribution is -2.42. The number of hydrogen-bond acceptors (Lipinski definition) is 3. The number of aromatic nitrogens is 1. The maximum atomic E-state index is 13.0. The van der Waals surface area contributed by atoms with E-state index in [-0.39, 0.29) is 24.5 Å². The Bertz CT molecular complexity index is 733. The lowest BCUT2D eigenvalue weighted by atomic mass is 10.0. The number of rotatable bonds is 7. The standard InChI is InChI=1S/C21H23FN2O2/c1-2-12-26-20-10-11-24(19(20)13-16-6-4-3-5-7-16)21(25)14-18-9-8-17(22)15-23-18/h2-9,15,19-20H,1,10-14H2/t19-,20+/m0/s1. The van der Waals surface area contributed by atoms with Gasteiger partial charge in [0, 0.05) is 12.2 Å². The smallest absolute Gasteiger partial charge is 0.228 e. The molecule has 1 aliphatic heterocycles. The van der Waals surface area contributed by atoms with E-state index in [1.807, 2.05) is 23.1 Å². The Morgan fingerprint density at radius 2 is 2.12 bits per heavy atom. The maximum Gasteiger partial charge on any atom is 0.228 e. The van der Waals surface area contributed by atoms with Gasteiger partial charge < -0.3 is 9.64 Å². The van der Waals surface area contributed by atoms with Gasteiger partial charge >= 0.3 is 0 Å². The Labute approximate surface area is 153 Å². The third kappa shape index (κ3) is 4.55. The molecule has 1 aromatic heterocycles. The number of benzene rings is 1. The Morgan fingerprint density at radius 3 is 2.81 bits per heavy atom. The van der Waals surface area contributed by atoms with E-state index in [4.69, 9.17) is 4.74 Å². The van der Waals surface area contributed by atoms with E-state index in [0.717, 1.165) is 19.0 Å². The van der Waals surface area contributed by atoms with Crippen molar-refractivity contribution < 1.29 is 13.9 Å². The second-order valence-electron chi connectivity index (χ2n) is 6.44. The van der Waals surface area contributed by atoms with Crippen molar-refractivity contribution in [3.63, 3.8) is 0 Å². The molecule has 1 saturated heterocycles. The molecule has 1 aromatic carbocycles. The molecule has 5 heteroatoms. The zero-order valence-electron chi connectivity index (χ0n) is 14.7. The van der Waals surface area contributed by atoms with Gasteiger partial charge in [0.2, 0.25) is 5.91 Å². The van der Waals surface area contributed by atoms with E-state index in [9.17, 15) is 9.18 Å². The summed E-state index contributed by atoms with van der Waals surface area (Å²) in [5.74, 6) is -0.406. The Hall–Kier alpha value is -2.53. The molecule has 3 rings (SSSR count). The van der Waals surface area contributed by atoms with Crippen LogP contribution in [-0.4, -0.2) is 41.1 Å². The molecule has 2 heterocycles. The fourth-order valence-corrected chi connectivity index (χ4v) is 3.39. The van der Waals surface area contributed by atoms with Gasteiger partial charge in [0.15, 0.2) is 0 Å². The molecule has 1 aliphatic rings. The van der Waals surface area contributed by atoms with Gasteiger partial charge in [-0.1, -0.05) is 36.4 Å². The number of hydrogen-bond donors (Lipinski definition) is 0. The summed E-state index contributed by atoms with van der Waals surface area (Å²) < 4.78 is 18.9. The van der Waals surface area contributed by atoms with Crippen molar-refractivity contribution in [1.82, 2.24) is 9.88 Å². The summed E-state index contributed by atoms with van der Waals surface area (Å²) >= 11 is 0. The lowest BCUT2D eigenvalue weighted by Gasteiger charge is -2.28. The monoisotopic (exact) mass is 354 g/mol. The van der Waals surface area contributed by atoms with Crippen LogP contribution in [-0.2, 0) is 22.4 Å². The van der Waals surface area contributed by atoms with Crippen molar-refractivity contribution in [2.24, 2.45) is 0 Å². The van der Waals surface area contributed by atoms with Gasteiger partial charge in [0.1, 0.15) is 5.82 Å². The van der Waals surface area contributed by atoms with Gasteiger partial charge in [0.25, 0.3) is 0 Å². The molecule has 4 nitrogen and oxygen atoms in total. The van der Waals surface area contributed by atoms with Gasteiger partial charge in [0.05, 0.1) is 31.4 Å². The van der Waals surface area contributed by atoms with E-state index >= 15 is 0 Å². The molecule has 0 N–H and O–H groups in total. The highest BCUT2D eigenvalue weighted by atomic mass is 19.1. The molecule has 0 aliphatic carbocycles. The summed E-state index contributed by atoms with van der Waals surface area (Å²) in [6.45, 7) is 4.83. The third-order valence-electron chi connectivity index (χ3n) is 4.64.